The Labute approximate surface area is 173 Å². The van der Waals surface area contributed by atoms with E-state index < -0.39 is 17.5 Å². The molecule has 0 bridgehead atoms. The zero-order valence-corrected chi connectivity index (χ0v) is 17.3. The number of amides is 2. The molecule has 8 heteroatoms. The van der Waals surface area contributed by atoms with Crippen molar-refractivity contribution in [2.45, 2.75) is 32.9 Å². The second kappa shape index (κ2) is 8.83. The summed E-state index contributed by atoms with van der Waals surface area (Å²) in [6, 6.07) is 12.0. The molecule has 0 fully saturated rings. The standard InChI is InChI=1S/C19H19Cl3N2O3/c1-19(2,3)24(17(25)16-14(21)9-13(20)10-15(16)22)23-18(26)27-11-12-7-5-4-6-8-12/h4-10H,11H2,1-3H3,(H,23,26). The van der Waals surface area contributed by atoms with Crippen LogP contribution in [-0.2, 0) is 11.3 Å². The van der Waals surface area contributed by atoms with Gasteiger partial charge in [-0.05, 0) is 38.5 Å². The average Bonchev–Trinajstić information content (AvgIpc) is 2.56. The number of benzene rings is 2. The van der Waals surface area contributed by atoms with Crippen molar-refractivity contribution < 1.29 is 14.3 Å². The SMILES string of the molecule is CC(C)(C)N(NC(=O)OCc1ccccc1)C(=O)c1c(Cl)cc(Cl)cc1Cl. The van der Waals surface area contributed by atoms with E-state index in [0.29, 0.717) is 5.02 Å². The minimum Gasteiger partial charge on any atom is -0.443 e. The van der Waals surface area contributed by atoms with E-state index in [2.05, 4.69) is 5.43 Å². The van der Waals surface area contributed by atoms with E-state index in [0.717, 1.165) is 10.6 Å². The Bertz CT molecular complexity index is 813. The highest BCUT2D eigenvalue weighted by molar-refractivity contribution is 6.42. The molecule has 0 unspecified atom stereocenters. The van der Waals surface area contributed by atoms with Gasteiger partial charge in [-0.3, -0.25) is 4.79 Å². The second-order valence-electron chi connectivity index (χ2n) is 6.73. The fraction of sp³-hybridized carbons (Fsp3) is 0.263. The van der Waals surface area contributed by atoms with E-state index in [4.69, 9.17) is 39.5 Å². The van der Waals surface area contributed by atoms with Crippen LogP contribution in [0.1, 0.15) is 36.7 Å². The molecular formula is C19H19Cl3N2O3. The predicted octanol–water partition coefficient (Wildman–Crippen LogP) is 5.73. The molecule has 0 aliphatic heterocycles. The first kappa shape index (κ1) is 21.4. The van der Waals surface area contributed by atoms with Crippen LogP contribution in [0.25, 0.3) is 0 Å². The number of hydrazine groups is 1. The molecule has 0 saturated heterocycles. The van der Waals surface area contributed by atoms with Gasteiger partial charge in [-0.25, -0.2) is 15.2 Å². The number of carbonyl (C=O) groups is 2. The van der Waals surface area contributed by atoms with Gasteiger partial charge in [-0.1, -0.05) is 65.1 Å². The molecule has 2 amide bonds. The summed E-state index contributed by atoms with van der Waals surface area (Å²) in [4.78, 5) is 25.2. The average molecular weight is 430 g/mol. The molecule has 2 rings (SSSR count). The van der Waals surface area contributed by atoms with Gasteiger partial charge >= 0.3 is 6.09 Å². The Morgan fingerprint density at radius 2 is 1.59 bits per heavy atom. The van der Waals surface area contributed by atoms with Crippen LogP contribution in [0.5, 0.6) is 0 Å². The van der Waals surface area contributed by atoms with Crippen LogP contribution in [0.3, 0.4) is 0 Å². The third-order valence-electron chi connectivity index (χ3n) is 3.51. The van der Waals surface area contributed by atoms with Crippen molar-refractivity contribution in [1.29, 1.82) is 0 Å². The van der Waals surface area contributed by atoms with Crippen LogP contribution < -0.4 is 5.43 Å². The van der Waals surface area contributed by atoms with Crippen molar-refractivity contribution in [3.05, 3.63) is 68.7 Å². The molecule has 0 spiro atoms. The number of halogens is 3. The number of nitrogens with one attached hydrogen (secondary N) is 1. The molecule has 0 atom stereocenters. The number of hydrogen-bond acceptors (Lipinski definition) is 3. The molecule has 1 N–H and O–H groups in total. The smallest absolute Gasteiger partial charge is 0.426 e. The highest BCUT2D eigenvalue weighted by atomic mass is 35.5. The van der Waals surface area contributed by atoms with E-state index in [1.165, 1.54) is 12.1 Å². The van der Waals surface area contributed by atoms with Crippen LogP contribution in [0, 0.1) is 0 Å². The maximum atomic E-state index is 13.0. The molecule has 0 saturated carbocycles. The minimum absolute atomic E-state index is 0.0426. The molecule has 2 aromatic carbocycles. The van der Waals surface area contributed by atoms with Crippen LogP contribution in [-0.4, -0.2) is 22.5 Å². The lowest BCUT2D eigenvalue weighted by atomic mass is 10.1. The largest absolute Gasteiger partial charge is 0.443 e. The molecule has 2 aromatic rings. The number of rotatable bonds is 3. The molecule has 0 heterocycles. The van der Waals surface area contributed by atoms with Gasteiger partial charge in [0.05, 0.1) is 21.1 Å². The molecule has 0 radical (unpaired) electrons. The summed E-state index contributed by atoms with van der Waals surface area (Å²) < 4.78 is 5.19. The summed E-state index contributed by atoms with van der Waals surface area (Å²) >= 11 is 18.2. The van der Waals surface area contributed by atoms with Gasteiger partial charge in [-0.15, -0.1) is 0 Å². The zero-order valence-electron chi connectivity index (χ0n) is 15.1. The first-order valence-corrected chi connectivity index (χ1v) is 9.19. The van der Waals surface area contributed by atoms with E-state index in [1.807, 2.05) is 30.3 Å². The van der Waals surface area contributed by atoms with E-state index in [-0.39, 0.29) is 22.2 Å². The highest BCUT2D eigenvalue weighted by Gasteiger charge is 2.32. The second-order valence-corrected chi connectivity index (χ2v) is 7.98. The summed E-state index contributed by atoms with van der Waals surface area (Å²) in [5, 5.41) is 1.61. The quantitative estimate of drug-likeness (QED) is 0.634. The summed E-state index contributed by atoms with van der Waals surface area (Å²) in [6.45, 7) is 5.32. The van der Waals surface area contributed by atoms with Crippen LogP contribution in [0.2, 0.25) is 15.1 Å². The molecule has 0 aliphatic carbocycles. The first-order chi connectivity index (χ1) is 12.6. The van der Waals surface area contributed by atoms with Gasteiger partial charge in [0, 0.05) is 5.02 Å². The van der Waals surface area contributed by atoms with Crippen LogP contribution in [0.15, 0.2) is 42.5 Å². The van der Waals surface area contributed by atoms with Gasteiger partial charge in [-0.2, -0.15) is 0 Å². The fourth-order valence-electron chi connectivity index (χ4n) is 2.23. The number of nitrogens with zero attached hydrogens (tertiary/aromatic N) is 1. The fourth-order valence-corrected chi connectivity index (χ4v) is 3.21. The van der Waals surface area contributed by atoms with Crippen LogP contribution in [0.4, 0.5) is 4.79 Å². The van der Waals surface area contributed by atoms with Crippen molar-refractivity contribution in [3.8, 4) is 0 Å². The number of hydrogen-bond donors (Lipinski definition) is 1. The van der Waals surface area contributed by atoms with E-state index >= 15 is 0 Å². The molecular weight excluding hydrogens is 411 g/mol. The van der Waals surface area contributed by atoms with Gasteiger partial charge in [0.2, 0.25) is 0 Å². The maximum Gasteiger partial charge on any atom is 0.426 e. The van der Waals surface area contributed by atoms with Crippen molar-refractivity contribution in [2.75, 3.05) is 0 Å². The normalized spacial score (nSPS) is 11.0. The Kier molecular flexibility index (Phi) is 6.98. The minimum atomic E-state index is -0.775. The maximum absolute atomic E-state index is 13.0. The van der Waals surface area contributed by atoms with Crippen molar-refractivity contribution in [2.24, 2.45) is 0 Å². The Balaban J connectivity index is 2.18. The topological polar surface area (TPSA) is 58.6 Å². The third-order valence-corrected chi connectivity index (χ3v) is 4.32. The summed E-state index contributed by atoms with van der Waals surface area (Å²) in [5.74, 6) is -0.578. The molecule has 0 aliphatic rings. The number of carbonyl (C=O) groups excluding carboxylic acids is 2. The third kappa shape index (κ3) is 5.76. The number of ether oxygens (including phenoxy) is 1. The van der Waals surface area contributed by atoms with E-state index in [9.17, 15) is 9.59 Å². The van der Waals surface area contributed by atoms with E-state index in [1.54, 1.807) is 20.8 Å². The van der Waals surface area contributed by atoms with Gasteiger partial charge in [0.1, 0.15) is 6.61 Å². The summed E-state index contributed by atoms with van der Waals surface area (Å²) in [6.07, 6.45) is -0.775. The molecule has 0 aromatic heterocycles. The highest BCUT2D eigenvalue weighted by Crippen LogP contribution is 2.31. The lowest BCUT2D eigenvalue weighted by Gasteiger charge is -2.35. The van der Waals surface area contributed by atoms with Gasteiger partial charge in [0.25, 0.3) is 5.91 Å². The molecule has 5 nitrogen and oxygen atoms in total. The van der Waals surface area contributed by atoms with Crippen LogP contribution >= 0.6 is 34.8 Å². The van der Waals surface area contributed by atoms with Crippen molar-refractivity contribution >= 4 is 46.8 Å². The lowest BCUT2D eigenvalue weighted by Crippen LogP contribution is -2.56. The first-order valence-electron chi connectivity index (χ1n) is 8.06. The summed E-state index contributed by atoms with van der Waals surface area (Å²) in [5.41, 5.74) is 2.56. The predicted molar refractivity (Wildman–Crippen MR) is 107 cm³/mol. The Morgan fingerprint density at radius 1 is 1.04 bits per heavy atom. The van der Waals surface area contributed by atoms with Crippen molar-refractivity contribution in [1.82, 2.24) is 10.4 Å². The zero-order chi connectivity index (χ0) is 20.2. The molecule has 27 heavy (non-hydrogen) atoms. The van der Waals surface area contributed by atoms with Gasteiger partial charge < -0.3 is 4.74 Å². The lowest BCUT2D eigenvalue weighted by molar-refractivity contribution is 0.0342. The van der Waals surface area contributed by atoms with Crippen molar-refractivity contribution in [3.63, 3.8) is 0 Å². The Morgan fingerprint density at radius 3 is 2.11 bits per heavy atom. The Hall–Kier alpha value is -1.95. The monoisotopic (exact) mass is 428 g/mol. The van der Waals surface area contributed by atoms with Gasteiger partial charge in [0.15, 0.2) is 0 Å². The molecule has 144 valence electrons. The summed E-state index contributed by atoms with van der Waals surface area (Å²) in [7, 11) is 0.